The van der Waals surface area contributed by atoms with Crippen molar-refractivity contribution in [3.05, 3.63) is 22.4 Å². The third-order valence-corrected chi connectivity index (χ3v) is 7.45. The van der Waals surface area contributed by atoms with Crippen LogP contribution in [-0.4, -0.2) is 53.6 Å². The Bertz CT molecular complexity index is 649. The molecule has 2 aliphatic heterocycles. The van der Waals surface area contributed by atoms with E-state index in [2.05, 4.69) is 16.3 Å². The van der Waals surface area contributed by atoms with E-state index in [-0.39, 0.29) is 18.1 Å². The van der Waals surface area contributed by atoms with E-state index >= 15 is 0 Å². The zero-order chi connectivity index (χ0) is 19.3. The van der Waals surface area contributed by atoms with Gasteiger partial charge in [0.25, 0.3) is 0 Å². The summed E-state index contributed by atoms with van der Waals surface area (Å²) in [4.78, 5) is 29.4. The maximum absolute atomic E-state index is 12.9. The predicted octanol–water partition coefficient (Wildman–Crippen LogP) is 4.46. The molecule has 0 aromatic carbocycles. The van der Waals surface area contributed by atoms with Crippen LogP contribution in [0.4, 0.5) is 4.79 Å². The van der Waals surface area contributed by atoms with E-state index in [9.17, 15) is 9.59 Å². The molecule has 6 heteroatoms. The first-order valence-electron chi connectivity index (χ1n) is 11.0. The van der Waals surface area contributed by atoms with Gasteiger partial charge in [0.1, 0.15) is 6.10 Å². The van der Waals surface area contributed by atoms with Crippen LogP contribution in [0.1, 0.15) is 63.4 Å². The van der Waals surface area contributed by atoms with Gasteiger partial charge in [-0.25, -0.2) is 4.79 Å². The molecule has 1 aliphatic carbocycles. The van der Waals surface area contributed by atoms with Crippen molar-refractivity contribution in [2.45, 2.75) is 76.4 Å². The van der Waals surface area contributed by atoms with E-state index in [1.54, 1.807) is 11.3 Å². The third-order valence-electron chi connectivity index (χ3n) is 6.72. The first-order valence-corrected chi connectivity index (χ1v) is 11.9. The summed E-state index contributed by atoms with van der Waals surface area (Å²) < 4.78 is 5.67. The Morgan fingerprint density at radius 2 is 1.75 bits per heavy atom. The Balaban J connectivity index is 1.30. The zero-order valence-electron chi connectivity index (χ0n) is 16.7. The highest BCUT2D eigenvalue weighted by molar-refractivity contribution is 7.08. The highest BCUT2D eigenvalue weighted by Gasteiger charge is 2.36. The average Bonchev–Trinajstić information content (AvgIpc) is 3.42. The van der Waals surface area contributed by atoms with Crippen LogP contribution in [0.5, 0.6) is 0 Å². The first-order chi connectivity index (χ1) is 13.7. The number of hydrogen-bond donors (Lipinski definition) is 0. The summed E-state index contributed by atoms with van der Waals surface area (Å²) in [6.07, 6.45) is 10.3. The summed E-state index contributed by atoms with van der Waals surface area (Å²) in [6, 6.07) is 2.39. The Labute approximate surface area is 172 Å². The summed E-state index contributed by atoms with van der Waals surface area (Å²) in [5.74, 6) is 0.772. The molecule has 1 saturated carbocycles. The Morgan fingerprint density at radius 1 is 1.00 bits per heavy atom. The van der Waals surface area contributed by atoms with Gasteiger partial charge in [-0.2, -0.15) is 11.3 Å². The van der Waals surface area contributed by atoms with Crippen LogP contribution in [0.25, 0.3) is 0 Å². The zero-order valence-corrected chi connectivity index (χ0v) is 17.5. The van der Waals surface area contributed by atoms with Crippen molar-refractivity contribution in [3.63, 3.8) is 0 Å². The lowest BCUT2D eigenvalue weighted by molar-refractivity contribution is -0.136. The maximum atomic E-state index is 12.9. The van der Waals surface area contributed by atoms with Crippen LogP contribution in [-0.2, 0) is 16.0 Å². The van der Waals surface area contributed by atoms with E-state index < -0.39 is 0 Å². The second kappa shape index (κ2) is 9.29. The monoisotopic (exact) mass is 404 g/mol. The number of hydrogen-bond acceptors (Lipinski definition) is 4. The molecule has 0 spiro atoms. The average molecular weight is 405 g/mol. The molecule has 0 N–H and O–H groups in total. The summed E-state index contributed by atoms with van der Waals surface area (Å²) in [5, 5.41) is 4.11. The quantitative estimate of drug-likeness (QED) is 0.744. The number of likely N-dealkylation sites (tertiary alicyclic amines) is 2. The van der Waals surface area contributed by atoms with Gasteiger partial charge in [-0.05, 0) is 86.1 Å². The summed E-state index contributed by atoms with van der Waals surface area (Å²) in [5.41, 5.74) is 1.13. The molecular formula is C22H32N2O3S. The summed E-state index contributed by atoms with van der Waals surface area (Å²) in [6.45, 7) is 2.41. The molecule has 0 radical (unpaired) electrons. The fourth-order valence-electron chi connectivity index (χ4n) is 5.12. The van der Waals surface area contributed by atoms with Crippen LogP contribution in [0.2, 0.25) is 0 Å². The molecule has 2 saturated heterocycles. The Hall–Kier alpha value is -1.56. The van der Waals surface area contributed by atoms with E-state index in [4.69, 9.17) is 4.74 Å². The van der Waals surface area contributed by atoms with Gasteiger partial charge < -0.3 is 14.5 Å². The molecule has 2 amide bonds. The predicted molar refractivity (Wildman–Crippen MR) is 110 cm³/mol. The van der Waals surface area contributed by atoms with Gasteiger partial charge in [0.05, 0.1) is 6.42 Å². The molecule has 1 atom stereocenters. The number of amides is 2. The van der Waals surface area contributed by atoms with Gasteiger partial charge in [0.15, 0.2) is 0 Å². The van der Waals surface area contributed by atoms with Crippen LogP contribution in [0.3, 0.4) is 0 Å². The highest BCUT2D eigenvalue weighted by Crippen LogP contribution is 2.32. The number of ether oxygens (including phenoxy) is 1. The molecule has 1 aromatic rings. The van der Waals surface area contributed by atoms with Crippen molar-refractivity contribution in [1.29, 1.82) is 0 Å². The number of piperidine rings is 2. The third kappa shape index (κ3) is 4.70. The smallest absolute Gasteiger partial charge is 0.410 e. The summed E-state index contributed by atoms with van der Waals surface area (Å²) in [7, 11) is 0. The molecule has 3 aliphatic rings. The molecule has 5 nitrogen and oxygen atoms in total. The molecule has 28 heavy (non-hydrogen) atoms. The van der Waals surface area contributed by atoms with E-state index in [1.165, 1.54) is 19.3 Å². The molecule has 1 aromatic heterocycles. The lowest BCUT2D eigenvalue weighted by Gasteiger charge is -2.43. The van der Waals surface area contributed by atoms with Crippen LogP contribution < -0.4 is 0 Å². The van der Waals surface area contributed by atoms with E-state index in [0.29, 0.717) is 18.4 Å². The Morgan fingerprint density at radius 3 is 2.46 bits per heavy atom. The molecule has 0 bridgehead atoms. The second-order valence-electron chi connectivity index (χ2n) is 8.57. The van der Waals surface area contributed by atoms with Crippen molar-refractivity contribution in [3.8, 4) is 0 Å². The van der Waals surface area contributed by atoms with Crippen LogP contribution in [0, 0.1) is 5.92 Å². The minimum Gasteiger partial charge on any atom is -0.446 e. The van der Waals surface area contributed by atoms with Crippen LogP contribution >= 0.6 is 11.3 Å². The molecule has 4 rings (SSSR count). The Kier molecular flexibility index (Phi) is 6.55. The first kappa shape index (κ1) is 19.7. The van der Waals surface area contributed by atoms with Crippen LogP contribution in [0.15, 0.2) is 16.8 Å². The molecule has 3 fully saturated rings. The standard InChI is InChI=1S/C22H32N2O3S/c25-21(15-17-10-14-28-16-17)24-11-4-3-7-20(24)18-8-12-23(13-9-18)22(26)27-19-5-1-2-6-19/h10,14,16,18-20H,1-9,11-13,15H2. The van der Waals surface area contributed by atoms with E-state index in [0.717, 1.165) is 63.7 Å². The highest BCUT2D eigenvalue weighted by atomic mass is 32.1. The van der Waals surface area contributed by atoms with Crippen molar-refractivity contribution in [2.24, 2.45) is 5.92 Å². The van der Waals surface area contributed by atoms with E-state index in [1.807, 2.05) is 10.3 Å². The number of nitrogens with zero attached hydrogens (tertiary/aromatic N) is 2. The molecule has 154 valence electrons. The van der Waals surface area contributed by atoms with Gasteiger partial charge in [-0.3, -0.25) is 4.79 Å². The van der Waals surface area contributed by atoms with Gasteiger partial charge in [0.2, 0.25) is 5.91 Å². The number of carbonyl (C=O) groups is 2. The van der Waals surface area contributed by atoms with Crippen molar-refractivity contribution in [1.82, 2.24) is 9.80 Å². The molecule has 1 unspecified atom stereocenters. The van der Waals surface area contributed by atoms with Gasteiger partial charge in [-0.15, -0.1) is 0 Å². The summed E-state index contributed by atoms with van der Waals surface area (Å²) >= 11 is 1.65. The second-order valence-corrected chi connectivity index (χ2v) is 9.35. The van der Waals surface area contributed by atoms with Gasteiger partial charge >= 0.3 is 6.09 Å². The molecule has 3 heterocycles. The minimum absolute atomic E-state index is 0.126. The van der Waals surface area contributed by atoms with Gasteiger partial charge in [0, 0.05) is 25.7 Å². The number of carbonyl (C=O) groups excluding carboxylic acids is 2. The minimum atomic E-state index is -0.126. The number of rotatable bonds is 4. The lowest BCUT2D eigenvalue weighted by atomic mass is 9.83. The topological polar surface area (TPSA) is 49.9 Å². The SMILES string of the molecule is O=C(OC1CCCC1)N1CCC(C2CCCCN2C(=O)Cc2ccsc2)CC1. The molecular weight excluding hydrogens is 372 g/mol. The van der Waals surface area contributed by atoms with Crippen molar-refractivity contribution < 1.29 is 14.3 Å². The fraction of sp³-hybridized carbons (Fsp3) is 0.727. The van der Waals surface area contributed by atoms with Crippen molar-refractivity contribution >= 4 is 23.3 Å². The van der Waals surface area contributed by atoms with Gasteiger partial charge in [-0.1, -0.05) is 0 Å². The fourth-order valence-corrected chi connectivity index (χ4v) is 5.79. The van der Waals surface area contributed by atoms with Crippen molar-refractivity contribution in [2.75, 3.05) is 19.6 Å². The maximum Gasteiger partial charge on any atom is 0.410 e. The largest absolute Gasteiger partial charge is 0.446 e. The number of thiophene rings is 1. The normalized spacial score (nSPS) is 24.5. The lowest BCUT2D eigenvalue weighted by Crippen LogP contribution is -2.51.